The third kappa shape index (κ3) is 5.90. The molecule has 2 aromatic carbocycles. The fourth-order valence-electron chi connectivity index (χ4n) is 2.73. The fraction of sp³-hybridized carbons (Fsp3) is 0.300. The van der Waals surface area contributed by atoms with Crippen LogP contribution >= 0.6 is 11.8 Å². The van der Waals surface area contributed by atoms with Gasteiger partial charge in [0.25, 0.3) is 0 Å². The van der Waals surface area contributed by atoms with Crippen LogP contribution in [0.3, 0.4) is 0 Å². The minimum atomic E-state index is -3.27. The molecular weight excluding hydrogens is 422 g/mol. The number of nitrogens with zero attached hydrogens (tertiary/aromatic N) is 4. The van der Waals surface area contributed by atoms with Crippen molar-refractivity contribution in [1.82, 2.24) is 20.2 Å². The number of hydrogen-bond donors (Lipinski definition) is 1. The lowest BCUT2D eigenvalue weighted by Crippen LogP contribution is -2.14. The van der Waals surface area contributed by atoms with Crippen LogP contribution in [0, 0.1) is 0 Å². The van der Waals surface area contributed by atoms with Crippen molar-refractivity contribution < 1.29 is 13.2 Å². The van der Waals surface area contributed by atoms with E-state index in [9.17, 15) is 13.2 Å². The Morgan fingerprint density at radius 1 is 1.10 bits per heavy atom. The molecule has 1 aromatic heterocycles. The molecule has 0 radical (unpaired) electrons. The van der Waals surface area contributed by atoms with E-state index in [1.54, 1.807) is 16.8 Å². The highest BCUT2D eigenvalue weighted by Gasteiger charge is 2.12. The SMILES string of the molecule is CCCCc1ccc(-n2nnnc2SCC(=O)Nc2ccc(S(C)(=O)=O)cc2)cc1. The molecular formula is C20H23N5O3S2. The number of aromatic nitrogens is 4. The molecule has 0 bridgehead atoms. The molecule has 158 valence electrons. The van der Waals surface area contributed by atoms with Gasteiger partial charge in [0.1, 0.15) is 0 Å². The minimum absolute atomic E-state index is 0.114. The normalized spacial score (nSPS) is 11.4. The Balaban J connectivity index is 1.59. The maximum absolute atomic E-state index is 12.3. The van der Waals surface area contributed by atoms with Crippen molar-refractivity contribution in [3.8, 4) is 5.69 Å². The Kier molecular flexibility index (Phi) is 7.22. The van der Waals surface area contributed by atoms with E-state index >= 15 is 0 Å². The largest absolute Gasteiger partial charge is 0.325 e. The van der Waals surface area contributed by atoms with Gasteiger partial charge in [-0.15, -0.1) is 5.10 Å². The van der Waals surface area contributed by atoms with E-state index in [1.807, 2.05) is 12.1 Å². The van der Waals surface area contributed by atoms with Crippen LogP contribution in [0.4, 0.5) is 5.69 Å². The topological polar surface area (TPSA) is 107 Å². The molecule has 1 heterocycles. The smallest absolute Gasteiger partial charge is 0.234 e. The lowest BCUT2D eigenvalue weighted by Gasteiger charge is -2.07. The van der Waals surface area contributed by atoms with E-state index in [1.165, 1.54) is 29.5 Å². The van der Waals surface area contributed by atoms with E-state index in [-0.39, 0.29) is 16.6 Å². The lowest BCUT2D eigenvalue weighted by molar-refractivity contribution is -0.113. The summed E-state index contributed by atoms with van der Waals surface area (Å²) in [4.78, 5) is 12.5. The van der Waals surface area contributed by atoms with Crippen LogP contribution in [0.5, 0.6) is 0 Å². The van der Waals surface area contributed by atoms with Gasteiger partial charge in [0, 0.05) is 11.9 Å². The van der Waals surface area contributed by atoms with Crippen LogP contribution in [0.15, 0.2) is 58.6 Å². The first-order chi connectivity index (χ1) is 14.4. The van der Waals surface area contributed by atoms with E-state index < -0.39 is 9.84 Å². The van der Waals surface area contributed by atoms with E-state index in [2.05, 4.69) is 39.9 Å². The highest BCUT2D eigenvalue weighted by Crippen LogP contribution is 2.20. The monoisotopic (exact) mass is 445 g/mol. The average Bonchev–Trinajstić information content (AvgIpc) is 3.19. The molecule has 1 N–H and O–H groups in total. The van der Waals surface area contributed by atoms with Crippen molar-refractivity contribution in [3.63, 3.8) is 0 Å². The van der Waals surface area contributed by atoms with Crippen LogP contribution in [0.1, 0.15) is 25.3 Å². The first kappa shape index (κ1) is 22.0. The fourth-order valence-corrected chi connectivity index (χ4v) is 4.05. The Morgan fingerprint density at radius 2 is 1.80 bits per heavy atom. The molecule has 0 aliphatic heterocycles. The molecule has 1 amide bonds. The number of nitrogens with one attached hydrogen (secondary N) is 1. The van der Waals surface area contributed by atoms with Crippen LogP contribution in [-0.2, 0) is 21.1 Å². The van der Waals surface area contributed by atoms with E-state index in [0.29, 0.717) is 10.8 Å². The second-order valence-electron chi connectivity index (χ2n) is 6.78. The number of rotatable bonds is 9. The molecule has 0 atom stereocenters. The second kappa shape index (κ2) is 9.86. The summed E-state index contributed by atoms with van der Waals surface area (Å²) in [5.74, 6) is -0.125. The summed E-state index contributed by atoms with van der Waals surface area (Å²) in [6.07, 6.45) is 4.48. The van der Waals surface area contributed by atoms with Crippen LogP contribution in [0.2, 0.25) is 0 Å². The molecule has 8 nitrogen and oxygen atoms in total. The quantitative estimate of drug-likeness (QED) is 0.504. The molecule has 0 aliphatic carbocycles. The third-order valence-electron chi connectivity index (χ3n) is 4.34. The van der Waals surface area contributed by atoms with Crippen LogP contribution in [0.25, 0.3) is 5.69 Å². The molecule has 0 spiro atoms. The molecule has 10 heteroatoms. The van der Waals surface area contributed by atoms with Gasteiger partial charge in [-0.25, -0.2) is 8.42 Å². The molecule has 3 rings (SSSR count). The molecule has 0 aliphatic rings. The number of carbonyl (C=O) groups is 1. The third-order valence-corrected chi connectivity index (χ3v) is 6.39. The van der Waals surface area contributed by atoms with Gasteiger partial charge in [0.05, 0.1) is 16.3 Å². The van der Waals surface area contributed by atoms with Gasteiger partial charge >= 0.3 is 0 Å². The summed E-state index contributed by atoms with van der Waals surface area (Å²) in [7, 11) is -3.27. The highest BCUT2D eigenvalue weighted by molar-refractivity contribution is 7.99. The standard InChI is InChI=1S/C20H23N5O3S2/c1-3-4-5-15-6-10-17(11-7-15)25-20(22-23-24-25)29-14-19(26)21-16-8-12-18(13-9-16)30(2,27)28/h6-13H,3-5,14H2,1-2H3,(H,21,26). The molecule has 30 heavy (non-hydrogen) atoms. The Bertz CT molecular complexity index is 1090. The number of benzene rings is 2. The Labute approximate surface area is 180 Å². The van der Waals surface area contributed by atoms with Crippen molar-refractivity contribution >= 4 is 33.2 Å². The van der Waals surface area contributed by atoms with Gasteiger partial charge < -0.3 is 5.32 Å². The summed E-state index contributed by atoms with van der Waals surface area (Å²) in [6, 6.07) is 14.1. The van der Waals surface area contributed by atoms with Crippen LogP contribution in [-0.4, -0.2) is 46.5 Å². The first-order valence-electron chi connectivity index (χ1n) is 9.47. The van der Waals surface area contributed by atoms with Gasteiger partial charge in [0.15, 0.2) is 9.84 Å². The first-order valence-corrected chi connectivity index (χ1v) is 12.3. The summed E-state index contributed by atoms with van der Waals surface area (Å²) in [5, 5.41) is 15.0. The molecule has 0 unspecified atom stereocenters. The number of aryl methyl sites for hydroxylation is 1. The van der Waals surface area contributed by atoms with Crippen molar-refractivity contribution in [2.45, 2.75) is 36.2 Å². The van der Waals surface area contributed by atoms with Crippen molar-refractivity contribution in [2.24, 2.45) is 0 Å². The highest BCUT2D eigenvalue weighted by atomic mass is 32.2. The number of hydrogen-bond acceptors (Lipinski definition) is 7. The van der Waals surface area contributed by atoms with Gasteiger partial charge in [-0.1, -0.05) is 37.2 Å². The van der Waals surface area contributed by atoms with Crippen LogP contribution < -0.4 is 5.32 Å². The van der Waals surface area contributed by atoms with Gasteiger partial charge in [-0.3, -0.25) is 4.79 Å². The summed E-state index contributed by atoms with van der Waals surface area (Å²) < 4.78 is 24.6. The van der Waals surface area contributed by atoms with Crippen molar-refractivity contribution in [1.29, 1.82) is 0 Å². The maximum Gasteiger partial charge on any atom is 0.234 e. The molecule has 3 aromatic rings. The van der Waals surface area contributed by atoms with E-state index in [4.69, 9.17) is 0 Å². The summed E-state index contributed by atoms with van der Waals surface area (Å²) >= 11 is 1.22. The zero-order chi connectivity index (χ0) is 21.6. The van der Waals surface area contributed by atoms with Gasteiger partial charge in [-0.2, -0.15) is 4.68 Å². The number of unbranched alkanes of at least 4 members (excludes halogenated alkanes) is 1. The summed E-state index contributed by atoms with van der Waals surface area (Å²) in [5.41, 5.74) is 2.62. The second-order valence-corrected chi connectivity index (χ2v) is 9.73. The number of tetrazole rings is 1. The zero-order valence-corrected chi connectivity index (χ0v) is 18.4. The predicted octanol–water partition coefficient (Wildman–Crippen LogP) is 3.14. The molecule has 0 saturated carbocycles. The lowest BCUT2D eigenvalue weighted by atomic mass is 10.1. The number of anilines is 1. The number of carbonyl (C=O) groups excluding carboxylic acids is 1. The average molecular weight is 446 g/mol. The molecule has 0 fully saturated rings. The summed E-state index contributed by atoms with van der Waals surface area (Å²) in [6.45, 7) is 2.17. The minimum Gasteiger partial charge on any atom is -0.325 e. The van der Waals surface area contributed by atoms with Crippen molar-refractivity contribution in [3.05, 3.63) is 54.1 Å². The Hall–Kier alpha value is -2.72. The number of amides is 1. The van der Waals surface area contributed by atoms with E-state index in [0.717, 1.165) is 31.2 Å². The number of sulfone groups is 1. The Morgan fingerprint density at radius 3 is 2.43 bits per heavy atom. The van der Waals surface area contributed by atoms with Crippen molar-refractivity contribution in [2.75, 3.05) is 17.3 Å². The zero-order valence-electron chi connectivity index (χ0n) is 16.8. The maximum atomic E-state index is 12.3. The number of thioether (sulfide) groups is 1. The van der Waals surface area contributed by atoms with Gasteiger partial charge in [-0.05, 0) is 65.2 Å². The van der Waals surface area contributed by atoms with Gasteiger partial charge in [0.2, 0.25) is 11.1 Å². The predicted molar refractivity (Wildman–Crippen MR) is 117 cm³/mol. The molecule has 0 saturated heterocycles.